The van der Waals surface area contributed by atoms with Gasteiger partial charge in [0.2, 0.25) is 5.91 Å². The maximum Gasteiger partial charge on any atom is 0.324 e. The first-order valence-corrected chi connectivity index (χ1v) is 14.4. The molecule has 9 heteroatoms. The summed E-state index contributed by atoms with van der Waals surface area (Å²) in [6.45, 7) is 7.12. The quantitative estimate of drug-likeness (QED) is 0.348. The molecule has 218 valence electrons. The maximum absolute atomic E-state index is 13.6. The third-order valence-electron chi connectivity index (χ3n) is 7.42. The van der Waals surface area contributed by atoms with E-state index >= 15 is 0 Å². The molecule has 3 amide bonds. The first-order valence-electron chi connectivity index (χ1n) is 14.4. The van der Waals surface area contributed by atoms with Crippen LogP contribution in [0.1, 0.15) is 50.2 Å². The second-order valence-electron chi connectivity index (χ2n) is 10.3. The molecule has 0 atom stereocenters. The summed E-state index contributed by atoms with van der Waals surface area (Å²) in [6.07, 6.45) is 5.22. The van der Waals surface area contributed by atoms with Gasteiger partial charge in [-0.05, 0) is 43.0 Å². The van der Waals surface area contributed by atoms with Crippen molar-refractivity contribution in [2.45, 2.75) is 52.0 Å². The molecule has 2 aromatic rings. The van der Waals surface area contributed by atoms with E-state index in [-0.39, 0.29) is 11.9 Å². The molecular weight excluding hydrogens is 510 g/mol. The summed E-state index contributed by atoms with van der Waals surface area (Å²) in [4.78, 5) is 31.9. The first-order chi connectivity index (χ1) is 19.5. The van der Waals surface area contributed by atoms with Gasteiger partial charge in [0.25, 0.3) is 0 Å². The Kier molecular flexibility index (Phi) is 10.9. The van der Waals surface area contributed by atoms with Crippen molar-refractivity contribution in [2.75, 3.05) is 65.1 Å². The summed E-state index contributed by atoms with van der Waals surface area (Å²) in [7, 11) is 3.25. The highest BCUT2D eigenvalue weighted by Crippen LogP contribution is 2.34. The van der Waals surface area contributed by atoms with Crippen LogP contribution in [0.5, 0.6) is 17.2 Å². The van der Waals surface area contributed by atoms with E-state index in [0.29, 0.717) is 69.7 Å². The van der Waals surface area contributed by atoms with E-state index < -0.39 is 0 Å². The zero-order chi connectivity index (χ0) is 28.3. The minimum absolute atomic E-state index is 0.0574. The van der Waals surface area contributed by atoms with Crippen molar-refractivity contribution < 1.29 is 28.5 Å². The van der Waals surface area contributed by atoms with Crippen molar-refractivity contribution in [2.24, 2.45) is 0 Å². The summed E-state index contributed by atoms with van der Waals surface area (Å²) < 4.78 is 22.7. The molecule has 2 aromatic carbocycles. The summed E-state index contributed by atoms with van der Waals surface area (Å²) in [5, 5.41) is 0. The van der Waals surface area contributed by atoms with E-state index in [1.165, 1.54) is 0 Å². The van der Waals surface area contributed by atoms with Crippen molar-refractivity contribution in [1.82, 2.24) is 9.80 Å². The number of ether oxygens (including phenoxy) is 4. The number of carbonyl (C=O) groups is 2. The van der Waals surface area contributed by atoms with Gasteiger partial charge in [0.1, 0.15) is 5.75 Å². The van der Waals surface area contributed by atoms with Gasteiger partial charge in [0.05, 0.1) is 40.4 Å². The van der Waals surface area contributed by atoms with Crippen LogP contribution in [0.2, 0.25) is 0 Å². The Balaban J connectivity index is 1.43. The zero-order valence-electron chi connectivity index (χ0n) is 24.2. The Bertz CT molecular complexity index is 1130. The Labute approximate surface area is 237 Å². The number of carbonyl (C=O) groups excluding carboxylic acids is 2. The van der Waals surface area contributed by atoms with Crippen LogP contribution in [-0.2, 0) is 22.5 Å². The van der Waals surface area contributed by atoms with E-state index in [9.17, 15) is 9.59 Å². The van der Waals surface area contributed by atoms with Crippen molar-refractivity contribution >= 4 is 17.6 Å². The molecule has 0 N–H and O–H groups in total. The van der Waals surface area contributed by atoms with Crippen LogP contribution in [0.4, 0.5) is 10.5 Å². The number of benzene rings is 2. The second kappa shape index (κ2) is 14.8. The number of hydrogen-bond donors (Lipinski definition) is 0. The van der Waals surface area contributed by atoms with E-state index in [1.54, 1.807) is 19.1 Å². The normalized spacial score (nSPS) is 16.1. The number of amides is 3. The van der Waals surface area contributed by atoms with Gasteiger partial charge in [-0.1, -0.05) is 31.9 Å². The van der Waals surface area contributed by atoms with Crippen LogP contribution in [0.3, 0.4) is 0 Å². The lowest BCUT2D eigenvalue weighted by atomic mass is 10.1. The van der Waals surface area contributed by atoms with E-state index in [1.807, 2.05) is 46.2 Å². The molecule has 2 saturated heterocycles. The molecule has 2 aliphatic heterocycles. The van der Waals surface area contributed by atoms with Crippen molar-refractivity contribution in [1.29, 1.82) is 0 Å². The van der Waals surface area contributed by atoms with Gasteiger partial charge >= 0.3 is 6.03 Å². The van der Waals surface area contributed by atoms with Crippen molar-refractivity contribution in [3.63, 3.8) is 0 Å². The number of hydrogen-bond acceptors (Lipinski definition) is 6. The van der Waals surface area contributed by atoms with Gasteiger partial charge in [-0.25, -0.2) is 4.79 Å². The summed E-state index contributed by atoms with van der Waals surface area (Å²) in [5.74, 6) is 2.09. The Hall–Kier alpha value is -3.46. The molecular formula is C31H43N3O6. The minimum atomic E-state index is -0.0574. The SMILES string of the molecule is CCCCCOc1cc(N2CCCN(Cc3ccc(CC(=O)N4CCCOCC4)cc3OC)C2=O)ccc1OC. The fourth-order valence-corrected chi connectivity index (χ4v) is 5.17. The number of rotatable bonds is 12. The largest absolute Gasteiger partial charge is 0.496 e. The van der Waals surface area contributed by atoms with Gasteiger partial charge in [-0.2, -0.15) is 0 Å². The Morgan fingerprint density at radius 2 is 1.75 bits per heavy atom. The predicted molar refractivity (Wildman–Crippen MR) is 154 cm³/mol. The van der Waals surface area contributed by atoms with Crippen LogP contribution in [0.25, 0.3) is 0 Å². The van der Waals surface area contributed by atoms with Crippen LogP contribution < -0.4 is 19.1 Å². The molecule has 9 nitrogen and oxygen atoms in total. The van der Waals surface area contributed by atoms with Gasteiger partial charge < -0.3 is 28.7 Å². The highest BCUT2D eigenvalue weighted by molar-refractivity contribution is 5.93. The fraction of sp³-hybridized carbons (Fsp3) is 0.548. The lowest BCUT2D eigenvalue weighted by molar-refractivity contribution is -0.130. The van der Waals surface area contributed by atoms with Gasteiger partial charge in [0, 0.05) is 50.1 Å². The first kappa shape index (κ1) is 29.5. The number of unbranched alkanes of at least 4 members (excludes halogenated alkanes) is 2. The third kappa shape index (κ3) is 7.59. The average Bonchev–Trinajstić information content (AvgIpc) is 3.27. The molecule has 0 unspecified atom stereocenters. The summed E-state index contributed by atoms with van der Waals surface area (Å²) in [5.41, 5.74) is 2.60. The monoisotopic (exact) mass is 553 g/mol. The fourth-order valence-electron chi connectivity index (χ4n) is 5.17. The predicted octanol–water partition coefficient (Wildman–Crippen LogP) is 4.90. The highest BCUT2D eigenvalue weighted by atomic mass is 16.5. The molecule has 0 saturated carbocycles. The maximum atomic E-state index is 13.6. The number of nitrogens with zero attached hydrogens (tertiary/aromatic N) is 3. The third-order valence-corrected chi connectivity index (χ3v) is 7.42. The second-order valence-corrected chi connectivity index (χ2v) is 10.3. The number of anilines is 1. The minimum Gasteiger partial charge on any atom is -0.496 e. The Morgan fingerprint density at radius 3 is 2.55 bits per heavy atom. The summed E-state index contributed by atoms with van der Waals surface area (Å²) in [6, 6.07) is 11.4. The molecule has 2 aliphatic rings. The van der Waals surface area contributed by atoms with Gasteiger partial charge in [0.15, 0.2) is 11.5 Å². The molecule has 2 heterocycles. The van der Waals surface area contributed by atoms with Crippen molar-refractivity contribution in [3.05, 3.63) is 47.5 Å². The molecule has 2 fully saturated rings. The lowest BCUT2D eigenvalue weighted by Crippen LogP contribution is -2.49. The number of urea groups is 1. The average molecular weight is 554 g/mol. The zero-order valence-corrected chi connectivity index (χ0v) is 24.2. The van der Waals surface area contributed by atoms with E-state index in [4.69, 9.17) is 18.9 Å². The van der Waals surface area contributed by atoms with Gasteiger partial charge in [-0.3, -0.25) is 9.69 Å². The number of methoxy groups -OCH3 is 2. The molecule has 4 rings (SSSR count). The molecule has 40 heavy (non-hydrogen) atoms. The Morgan fingerprint density at radius 1 is 0.900 bits per heavy atom. The smallest absolute Gasteiger partial charge is 0.324 e. The highest BCUT2D eigenvalue weighted by Gasteiger charge is 2.28. The molecule has 0 spiro atoms. The van der Waals surface area contributed by atoms with E-state index in [0.717, 1.165) is 55.5 Å². The molecule has 0 radical (unpaired) electrons. The van der Waals surface area contributed by atoms with Crippen LogP contribution >= 0.6 is 0 Å². The van der Waals surface area contributed by atoms with Crippen LogP contribution in [-0.4, -0.2) is 82.0 Å². The molecule has 0 bridgehead atoms. The van der Waals surface area contributed by atoms with E-state index in [2.05, 4.69) is 6.92 Å². The lowest BCUT2D eigenvalue weighted by Gasteiger charge is -2.36. The topological polar surface area (TPSA) is 80.8 Å². The standard InChI is InChI=1S/C31H43N3O6/c1-4-5-6-18-40-29-22-26(11-12-27(29)37-2)34-15-7-13-33(31(34)36)23-25-10-9-24(20-28(25)38-3)21-30(35)32-14-8-17-39-19-16-32/h9-12,20,22H,4-8,13-19,21,23H2,1-3H3. The molecule has 0 aromatic heterocycles. The summed E-state index contributed by atoms with van der Waals surface area (Å²) >= 11 is 0. The van der Waals surface area contributed by atoms with Crippen LogP contribution in [0, 0.1) is 0 Å². The van der Waals surface area contributed by atoms with Crippen molar-refractivity contribution in [3.8, 4) is 17.2 Å². The van der Waals surface area contributed by atoms with Crippen LogP contribution in [0.15, 0.2) is 36.4 Å². The molecule has 0 aliphatic carbocycles. The van der Waals surface area contributed by atoms with Gasteiger partial charge in [-0.15, -0.1) is 0 Å².